The van der Waals surface area contributed by atoms with Crippen molar-refractivity contribution in [2.45, 2.75) is 38.1 Å². The van der Waals surface area contributed by atoms with Gasteiger partial charge in [-0.1, -0.05) is 12.1 Å². The number of nitrogens with zero attached hydrogens (tertiary/aromatic N) is 1. The molecule has 3 rings (SSSR count). The van der Waals surface area contributed by atoms with Gasteiger partial charge in [-0.15, -0.1) is 11.3 Å². The van der Waals surface area contributed by atoms with Crippen molar-refractivity contribution in [1.82, 2.24) is 9.62 Å². The summed E-state index contributed by atoms with van der Waals surface area (Å²) in [5, 5.41) is 2.11. The molecule has 0 unspecified atom stereocenters. The molecule has 1 aliphatic rings. The van der Waals surface area contributed by atoms with E-state index in [0.717, 1.165) is 43.6 Å². The van der Waals surface area contributed by atoms with Gasteiger partial charge in [-0.2, -0.15) is 0 Å². The normalized spacial score (nSPS) is 17.0. The number of nitrogens with one attached hydrogen (secondary N) is 1. The first kappa shape index (κ1) is 18.6. The summed E-state index contributed by atoms with van der Waals surface area (Å²) in [4.78, 5) is 4.22. The van der Waals surface area contributed by atoms with Crippen molar-refractivity contribution in [1.29, 1.82) is 0 Å². The first-order chi connectivity index (χ1) is 11.9. The largest absolute Gasteiger partial charge is 0.298 e. The first-order valence-electron chi connectivity index (χ1n) is 8.76. The highest BCUT2D eigenvalue weighted by Gasteiger charge is 2.22. The zero-order chi connectivity index (χ0) is 17.9. The standard InChI is InChI=1S/C19H26N2O2S2/c1-15-5-6-19(12-16(15)2)25(22,23)20-13-17-7-9-21(10-8-17)14-18-4-3-11-24-18/h3-6,11-12,17,20H,7-10,13-14H2,1-2H3. The minimum absolute atomic E-state index is 0.366. The molecule has 0 amide bonds. The molecule has 2 aromatic rings. The van der Waals surface area contributed by atoms with E-state index in [1.165, 1.54) is 4.88 Å². The van der Waals surface area contributed by atoms with Crippen LogP contribution < -0.4 is 4.72 Å². The van der Waals surface area contributed by atoms with Gasteiger partial charge in [-0.3, -0.25) is 4.90 Å². The van der Waals surface area contributed by atoms with Gasteiger partial charge in [0, 0.05) is 18.0 Å². The van der Waals surface area contributed by atoms with Gasteiger partial charge >= 0.3 is 0 Å². The molecule has 1 aromatic heterocycles. The lowest BCUT2D eigenvalue weighted by Gasteiger charge is -2.31. The smallest absolute Gasteiger partial charge is 0.240 e. The number of piperidine rings is 1. The highest BCUT2D eigenvalue weighted by Crippen LogP contribution is 2.21. The highest BCUT2D eigenvalue weighted by molar-refractivity contribution is 7.89. The fourth-order valence-electron chi connectivity index (χ4n) is 3.16. The summed E-state index contributed by atoms with van der Waals surface area (Å²) >= 11 is 1.80. The molecule has 0 bridgehead atoms. The SMILES string of the molecule is Cc1ccc(S(=O)(=O)NCC2CCN(Cc3cccs3)CC2)cc1C. The van der Waals surface area contributed by atoms with Crippen LogP contribution in [0.3, 0.4) is 0 Å². The third kappa shape index (κ3) is 4.91. The summed E-state index contributed by atoms with van der Waals surface area (Å²) < 4.78 is 27.8. The molecular weight excluding hydrogens is 352 g/mol. The van der Waals surface area contributed by atoms with Crippen LogP contribution in [0.4, 0.5) is 0 Å². The molecule has 1 fully saturated rings. The summed E-state index contributed by atoms with van der Waals surface area (Å²) in [6, 6.07) is 9.57. The van der Waals surface area contributed by atoms with Crippen LogP contribution in [-0.2, 0) is 16.6 Å². The Bertz CT molecular complexity index is 793. The van der Waals surface area contributed by atoms with Crippen molar-refractivity contribution in [2.24, 2.45) is 5.92 Å². The maximum absolute atomic E-state index is 12.5. The average molecular weight is 379 g/mol. The van der Waals surface area contributed by atoms with E-state index in [-0.39, 0.29) is 0 Å². The van der Waals surface area contributed by atoms with E-state index >= 15 is 0 Å². The lowest BCUT2D eigenvalue weighted by molar-refractivity contribution is 0.180. The van der Waals surface area contributed by atoms with Crippen LogP contribution in [0.25, 0.3) is 0 Å². The Morgan fingerprint density at radius 1 is 1.16 bits per heavy atom. The predicted octanol–water partition coefficient (Wildman–Crippen LogP) is 3.56. The van der Waals surface area contributed by atoms with Gasteiger partial charge in [0.2, 0.25) is 10.0 Å². The minimum atomic E-state index is -3.42. The molecule has 1 saturated heterocycles. The molecule has 1 aliphatic heterocycles. The molecule has 0 saturated carbocycles. The second kappa shape index (κ2) is 7.99. The van der Waals surface area contributed by atoms with Crippen molar-refractivity contribution in [3.8, 4) is 0 Å². The summed E-state index contributed by atoms with van der Waals surface area (Å²) in [5.41, 5.74) is 2.11. The van der Waals surface area contributed by atoms with E-state index in [9.17, 15) is 8.42 Å². The number of sulfonamides is 1. The number of likely N-dealkylation sites (tertiary alicyclic amines) is 1. The van der Waals surface area contributed by atoms with Crippen molar-refractivity contribution in [2.75, 3.05) is 19.6 Å². The summed E-state index contributed by atoms with van der Waals surface area (Å²) in [5.74, 6) is 0.418. The number of hydrogen-bond donors (Lipinski definition) is 1. The Labute approximate surface area is 154 Å². The molecule has 25 heavy (non-hydrogen) atoms. The number of benzene rings is 1. The zero-order valence-corrected chi connectivity index (χ0v) is 16.5. The topological polar surface area (TPSA) is 49.4 Å². The molecule has 136 valence electrons. The fourth-order valence-corrected chi connectivity index (χ4v) is 5.11. The minimum Gasteiger partial charge on any atom is -0.298 e. The van der Waals surface area contributed by atoms with Gasteiger partial charge in [-0.25, -0.2) is 13.1 Å². The van der Waals surface area contributed by atoms with Crippen molar-refractivity contribution >= 4 is 21.4 Å². The van der Waals surface area contributed by atoms with E-state index in [2.05, 4.69) is 27.1 Å². The third-order valence-corrected chi connectivity index (χ3v) is 7.30. The van der Waals surface area contributed by atoms with Gasteiger partial charge in [0.25, 0.3) is 0 Å². The van der Waals surface area contributed by atoms with Crippen LogP contribution in [0, 0.1) is 19.8 Å². The van der Waals surface area contributed by atoms with Crippen LogP contribution in [0.2, 0.25) is 0 Å². The van der Waals surface area contributed by atoms with Crippen LogP contribution in [0.1, 0.15) is 28.8 Å². The van der Waals surface area contributed by atoms with Gasteiger partial charge in [0.05, 0.1) is 4.90 Å². The lowest BCUT2D eigenvalue weighted by Crippen LogP contribution is -2.38. The number of rotatable bonds is 6. The third-order valence-electron chi connectivity index (χ3n) is 5.02. The Morgan fingerprint density at radius 2 is 1.92 bits per heavy atom. The van der Waals surface area contributed by atoms with Gasteiger partial charge in [0.1, 0.15) is 0 Å². The zero-order valence-electron chi connectivity index (χ0n) is 14.9. The molecule has 4 nitrogen and oxygen atoms in total. The van der Waals surface area contributed by atoms with Crippen molar-refractivity contribution in [3.05, 3.63) is 51.7 Å². The molecule has 0 radical (unpaired) electrons. The molecule has 2 heterocycles. The van der Waals surface area contributed by atoms with E-state index < -0.39 is 10.0 Å². The number of aryl methyl sites for hydroxylation is 2. The molecule has 6 heteroatoms. The molecule has 1 aromatic carbocycles. The Kier molecular flexibility index (Phi) is 5.94. The van der Waals surface area contributed by atoms with Gasteiger partial charge < -0.3 is 0 Å². The Morgan fingerprint density at radius 3 is 2.56 bits per heavy atom. The predicted molar refractivity (Wildman–Crippen MR) is 103 cm³/mol. The van der Waals surface area contributed by atoms with Gasteiger partial charge in [-0.05, 0) is 80.4 Å². The monoisotopic (exact) mass is 378 g/mol. The van der Waals surface area contributed by atoms with E-state index in [1.54, 1.807) is 23.5 Å². The summed E-state index contributed by atoms with van der Waals surface area (Å²) in [6.45, 7) is 7.55. The van der Waals surface area contributed by atoms with Crippen LogP contribution in [0.15, 0.2) is 40.6 Å². The second-order valence-corrected chi connectivity index (χ2v) is 9.70. The van der Waals surface area contributed by atoms with E-state index in [4.69, 9.17) is 0 Å². The number of hydrogen-bond acceptors (Lipinski definition) is 4. The Balaban J connectivity index is 1.49. The average Bonchev–Trinajstić information content (AvgIpc) is 3.10. The van der Waals surface area contributed by atoms with E-state index in [0.29, 0.717) is 17.4 Å². The summed E-state index contributed by atoms with van der Waals surface area (Å²) in [7, 11) is -3.42. The summed E-state index contributed by atoms with van der Waals surface area (Å²) in [6.07, 6.45) is 2.08. The lowest BCUT2D eigenvalue weighted by atomic mass is 9.97. The molecule has 1 N–H and O–H groups in total. The fraction of sp³-hybridized carbons (Fsp3) is 0.474. The molecule has 0 atom stereocenters. The molecular formula is C19H26N2O2S2. The highest BCUT2D eigenvalue weighted by atomic mass is 32.2. The van der Waals surface area contributed by atoms with E-state index in [1.807, 2.05) is 19.9 Å². The van der Waals surface area contributed by atoms with Gasteiger partial charge in [0.15, 0.2) is 0 Å². The second-order valence-electron chi connectivity index (χ2n) is 6.90. The van der Waals surface area contributed by atoms with Crippen molar-refractivity contribution in [3.63, 3.8) is 0 Å². The van der Waals surface area contributed by atoms with Crippen LogP contribution >= 0.6 is 11.3 Å². The maximum atomic E-state index is 12.5. The van der Waals surface area contributed by atoms with Crippen LogP contribution in [0.5, 0.6) is 0 Å². The van der Waals surface area contributed by atoms with Crippen molar-refractivity contribution < 1.29 is 8.42 Å². The molecule has 0 spiro atoms. The maximum Gasteiger partial charge on any atom is 0.240 e. The molecule has 0 aliphatic carbocycles. The Hall–Kier alpha value is -1.21. The quantitative estimate of drug-likeness (QED) is 0.836. The van der Waals surface area contributed by atoms with Crippen LogP contribution in [-0.4, -0.2) is 33.0 Å². The number of thiophene rings is 1. The first-order valence-corrected chi connectivity index (χ1v) is 11.1.